The highest BCUT2D eigenvalue weighted by Gasteiger charge is 2.32. The molecule has 1 aliphatic heterocycles. The lowest BCUT2D eigenvalue weighted by molar-refractivity contribution is -0.126. The predicted molar refractivity (Wildman–Crippen MR) is 122 cm³/mol. The number of furan rings is 1. The minimum Gasteiger partial charge on any atom is -0.465 e. The monoisotopic (exact) mass is 470 g/mol. The Hall–Kier alpha value is -3.17. The molecule has 0 saturated carbocycles. The Bertz CT molecular complexity index is 1290. The number of benzene rings is 2. The Balaban J connectivity index is 1.35. The summed E-state index contributed by atoms with van der Waals surface area (Å²) >= 11 is 0. The number of ether oxygens (including phenoxy) is 1. The van der Waals surface area contributed by atoms with Crippen LogP contribution in [0.4, 0.5) is 0 Å². The second kappa shape index (κ2) is 9.36. The highest BCUT2D eigenvalue weighted by Crippen LogP contribution is 2.26. The van der Waals surface area contributed by atoms with Gasteiger partial charge in [0.1, 0.15) is 17.1 Å². The number of nitrogens with zero attached hydrogens (tertiary/aromatic N) is 1. The maximum absolute atomic E-state index is 13.1. The van der Waals surface area contributed by atoms with Gasteiger partial charge in [-0.1, -0.05) is 30.3 Å². The van der Waals surface area contributed by atoms with Crippen LogP contribution in [0, 0.1) is 12.8 Å². The first-order chi connectivity index (χ1) is 15.8. The van der Waals surface area contributed by atoms with Gasteiger partial charge >= 0.3 is 5.97 Å². The van der Waals surface area contributed by atoms with Crippen LogP contribution in [0.5, 0.6) is 0 Å². The lowest BCUT2D eigenvalue weighted by atomic mass is 9.97. The summed E-state index contributed by atoms with van der Waals surface area (Å²) in [4.78, 5) is 24.6. The molecule has 4 rings (SSSR count). The summed E-state index contributed by atoms with van der Waals surface area (Å²) in [5.41, 5.74) is 0.328. The van der Waals surface area contributed by atoms with Crippen LogP contribution in [0.15, 0.2) is 57.8 Å². The smallest absolute Gasteiger partial charge is 0.341 e. The molecular formula is C24H26N2O6S. The van der Waals surface area contributed by atoms with Crippen LogP contribution in [-0.4, -0.2) is 44.8 Å². The molecule has 0 atom stereocenters. The van der Waals surface area contributed by atoms with E-state index in [2.05, 4.69) is 5.32 Å². The van der Waals surface area contributed by atoms with Crippen LogP contribution >= 0.6 is 0 Å². The van der Waals surface area contributed by atoms with Crippen molar-refractivity contribution in [1.29, 1.82) is 0 Å². The fourth-order valence-corrected chi connectivity index (χ4v) is 5.60. The van der Waals surface area contributed by atoms with E-state index in [9.17, 15) is 18.0 Å². The van der Waals surface area contributed by atoms with Crippen molar-refractivity contribution in [3.8, 4) is 0 Å². The molecule has 2 aromatic carbocycles. The number of aryl methyl sites for hydroxylation is 1. The van der Waals surface area contributed by atoms with Crippen molar-refractivity contribution in [2.75, 3.05) is 20.2 Å². The van der Waals surface area contributed by atoms with Crippen molar-refractivity contribution in [1.82, 2.24) is 9.62 Å². The van der Waals surface area contributed by atoms with Gasteiger partial charge in [-0.25, -0.2) is 13.2 Å². The number of amides is 1. The molecule has 2 heterocycles. The van der Waals surface area contributed by atoms with E-state index in [0.29, 0.717) is 29.9 Å². The van der Waals surface area contributed by atoms with Crippen molar-refractivity contribution in [2.45, 2.75) is 31.2 Å². The van der Waals surface area contributed by atoms with E-state index in [1.54, 1.807) is 25.1 Å². The third-order valence-electron chi connectivity index (χ3n) is 5.99. The molecule has 1 aromatic heterocycles. The van der Waals surface area contributed by atoms with E-state index in [1.165, 1.54) is 11.4 Å². The summed E-state index contributed by atoms with van der Waals surface area (Å²) in [6, 6.07) is 14.3. The van der Waals surface area contributed by atoms with Gasteiger partial charge in [0.15, 0.2) is 0 Å². The largest absolute Gasteiger partial charge is 0.465 e. The van der Waals surface area contributed by atoms with Crippen molar-refractivity contribution in [2.24, 2.45) is 5.92 Å². The molecule has 33 heavy (non-hydrogen) atoms. The predicted octanol–water partition coefficient (Wildman–Crippen LogP) is 3.24. The Morgan fingerprint density at radius 2 is 1.79 bits per heavy atom. The zero-order valence-electron chi connectivity index (χ0n) is 18.5. The quantitative estimate of drug-likeness (QED) is 0.555. The van der Waals surface area contributed by atoms with Crippen LogP contribution in [-0.2, 0) is 26.1 Å². The molecule has 3 aromatic rings. The van der Waals surface area contributed by atoms with Gasteiger partial charge in [-0.2, -0.15) is 4.31 Å². The standard InChI is InChI=1S/C24H26N2O6S/c1-16-22(24(28)31-2)14-20(32-16)15-25-23(27)18-9-11-26(12-10-18)33(29,30)21-8-7-17-5-3-4-6-19(17)13-21/h3-8,13-14,18H,9-12,15H2,1-2H3,(H,25,27). The molecule has 8 nitrogen and oxygen atoms in total. The number of hydrogen-bond donors (Lipinski definition) is 1. The second-order valence-electron chi connectivity index (χ2n) is 8.08. The van der Waals surface area contributed by atoms with E-state index < -0.39 is 16.0 Å². The molecular weight excluding hydrogens is 444 g/mol. The van der Waals surface area contributed by atoms with E-state index in [1.807, 2.05) is 30.3 Å². The van der Waals surface area contributed by atoms with Gasteiger partial charge in [0, 0.05) is 19.0 Å². The lowest BCUT2D eigenvalue weighted by Crippen LogP contribution is -2.42. The molecule has 0 spiro atoms. The Morgan fingerprint density at radius 1 is 1.09 bits per heavy atom. The molecule has 1 fully saturated rings. The number of piperidine rings is 1. The van der Waals surface area contributed by atoms with Gasteiger partial charge in [-0.15, -0.1) is 0 Å². The van der Waals surface area contributed by atoms with E-state index in [-0.39, 0.29) is 36.4 Å². The number of fused-ring (bicyclic) bond motifs is 1. The summed E-state index contributed by atoms with van der Waals surface area (Å²) in [5.74, 6) is -0.0553. The summed E-state index contributed by atoms with van der Waals surface area (Å²) in [7, 11) is -2.33. The van der Waals surface area contributed by atoms with Crippen LogP contribution in [0.2, 0.25) is 0 Å². The minimum atomic E-state index is -3.63. The minimum absolute atomic E-state index is 0.145. The topological polar surface area (TPSA) is 106 Å². The Morgan fingerprint density at radius 3 is 2.48 bits per heavy atom. The molecule has 1 N–H and O–H groups in total. The van der Waals surface area contributed by atoms with Crippen LogP contribution < -0.4 is 5.32 Å². The highest BCUT2D eigenvalue weighted by molar-refractivity contribution is 7.89. The number of hydrogen-bond acceptors (Lipinski definition) is 6. The van der Waals surface area contributed by atoms with Crippen LogP contribution in [0.3, 0.4) is 0 Å². The van der Waals surface area contributed by atoms with Gasteiger partial charge in [0.05, 0.1) is 18.6 Å². The van der Waals surface area contributed by atoms with Gasteiger partial charge in [0.2, 0.25) is 15.9 Å². The number of carbonyl (C=O) groups excluding carboxylic acids is 2. The lowest BCUT2D eigenvalue weighted by Gasteiger charge is -2.30. The maximum atomic E-state index is 13.1. The number of esters is 1. The summed E-state index contributed by atoms with van der Waals surface area (Å²) in [6.07, 6.45) is 0.868. The fraction of sp³-hybridized carbons (Fsp3) is 0.333. The first-order valence-corrected chi connectivity index (χ1v) is 12.2. The third-order valence-corrected chi connectivity index (χ3v) is 7.89. The SMILES string of the molecule is COC(=O)c1cc(CNC(=O)C2CCN(S(=O)(=O)c3ccc4ccccc4c3)CC2)oc1C. The Labute approximate surface area is 192 Å². The zero-order chi connectivity index (χ0) is 23.6. The number of methoxy groups -OCH3 is 1. The fourth-order valence-electron chi connectivity index (χ4n) is 4.10. The first-order valence-electron chi connectivity index (χ1n) is 10.7. The van der Waals surface area contributed by atoms with E-state index >= 15 is 0 Å². The third kappa shape index (κ3) is 4.79. The molecule has 1 aliphatic rings. The summed E-state index contributed by atoms with van der Waals surface area (Å²) in [5, 5.41) is 4.67. The van der Waals surface area contributed by atoms with Gasteiger partial charge in [-0.05, 0) is 48.7 Å². The molecule has 0 unspecified atom stereocenters. The van der Waals surface area contributed by atoms with Crippen molar-refractivity contribution < 1.29 is 27.2 Å². The average Bonchev–Trinajstić information content (AvgIpc) is 3.22. The molecule has 0 radical (unpaired) electrons. The highest BCUT2D eigenvalue weighted by atomic mass is 32.2. The van der Waals surface area contributed by atoms with Crippen LogP contribution in [0.25, 0.3) is 10.8 Å². The van der Waals surface area contributed by atoms with Gasteiger partial charge in [-0.3, -0.25) is 4.79 Å². The Kier molecular flexibility index (Phi) is 6.53. The molecule has 0 bridgehead atoms. The van der Waals surface area contributed by atoms with Crippen LogP contribution in [0.1, 0.15) is 34.7 Å². The van der Waals surface area contributed by atoms with E-state index in [4.69, 9.17) is 9.15 Å². The number of sulfonamides is 1. The van der Waals surface area contributed by atoms with Gasteiger partial charge < -0.3 is 14.5 Å². The number of rotatable bonds is 6. The molecule has 9 heteroatoms. The van der Waals surface area contributed by atoms with Crippen molar-refractivity contribution in [3.05, 3.63) is 65.6 Å². The van der Waals surface area contributed by atoms with Crippen molar-refractivity contribution in [3.63, 3.8) is 0 Å². The molecule has 1 saturated heterocycles. The van der Waals surface area contributed by atoms with Gasteiger partial charge in [0.25, 0.3) is 0 Å². The van der Waals surface area contributed by atoms with Crippen molar-refractivity contribution >= 4 is 32.7 Å². The summed E-state index contributed by atoms with van der Waals surface area (Å²) < 4.78 is 37.9. The number of carbonyl (C=O) groups is 2. The maximum Gasteiger partial charge on any atom is 0.341 e. The zero-order valence-corrected chi connectivity index (χ0v) is 19.4. The number of nitrogens with one attached hydrogen (secondary N) is 1. The van der Waals surface area contributed by atoms with E-state index in [0.717, 1.165) is 10.8 Å². The first kappa shape index (κ1) is 23.0. The molecule has 174 valence electrons. The molecule has 1 amide bonds. The second-order valence-corrected chi connectivity index (χ2v) is 10.0. The average molecular weight is 471 g/mol. The normalized spacial score (nSPS) is 15.5. The molecule has 0 aliphatic carbocycles. The summed E-state index contributed by atoms with van der Waals surface area (Å²) in [6.45, 7) is 2.36.